The van der Waals surface area contributed by atoms with E-state index in [1.165, 1.54) is 12.0 Å². The molecule has 3 heteroatoms. The van der Waals surface area contributed by atoms with Gasteiger partial charge in [-0.15, -0.1) is 0 Å². The van der Waals surface area contributed by atoms with Crippen molar-refractivity contribution in [3.8, 4) is 0 Å². The van der Waals surface area contributed by atoms with E-state index < -0.39 is 0 Å². The third kappa shape index (κ3) is 3.04. The molecule has 2 atom stereocenters. The predicted octanol–water partition coefficient (Wildman–Crippen LogP) is 3.43. The molecule has 0 N–H and O–H groups in total. The minimum Gasteiger partial charge on any atom is -0.464 e. The van der Waals surface area contributed by atoms with Crippen LogP contribution in [0.2, 0.25) is 0 Å². The lowest BCUT2D eigenvalue weighted by Gasteiger charge is -2.14. The molecular formula is C16H20N2O. The zero-order valence-electron chi connectivity index (χ0n) is 11.5. The summed E-state index contributed by atoms with van der Waals surface area (Å²) in [6.07, 6.45) is 4.99. The lowest BCUT2D eigenvalue weighted by Crippen LogP contribution is -2.16. The molecule has 3 nitrogen and oxygen atoms in total. The van der Waals surface area contributed by atoms with Gasteiger partial charge in [-0.05, 0) is 43.1 Å². The van der Waals surface area contributed by atoms with Crippen LogP contribution in [0.3, 0.4) is 0 Å². The Kier molecular flexibility index (Phi) is 3.38. The normalized spacial score (nSPS) is 21.8. The van der Waals surface area contributed by atoms with Crippen LogP contribution >= 0.6 is 0 Å². The molecule has 0 amide bonds. The monoisotopic (exact) mass is 256 g/mol. The molecular weight excluding hydrogens is 236 g/mol. The third-order valence-corrected chi connectivity index (χ3v) is 3.76. The zero-order valence-corrected chi connectivity index (χ0v) is 11.5. The highest BCUT2D eigenvalue weighted by Gasteiger charge is 2.36. The standard InChI is InChI=1S/C16H20N2O/c1-12-8-15(12)16-6-5-14(19-16)11-18(2)10-13-4-3-7-17-9-13/h3-7,9,12,15H,8,10-11H2,1-2H3/t12-,15+/m0/s1. The maximum Gasteiger partial charge on any atom is 0.118 e. The molecule has 3 rings (SSSR count). The number of aromatic nitrogens is 1. The summed E-state index contributed by atoms with van der Waals surface area (Å²) in [4.78, 5) is 6.38. The highest BCUT2D eigenvalue weighted by atomic mass is 16.3. The molecule has 2 aromatic rings. The van der Waals surface area contributed by atoms with Gasteiger partial charge in [-0.25, -0.2) is 0 Å². The van der Waals surface area contributed by atoms with Crippen molar-refractivity contribution < 1.29 is 4.42 Å². The van der Waals surface area contributed by atoms with Gasteiger partial charge in [-0.2, -0.15) is 0 Å². The molecule has 1 aliphatic rings. The van der Waals surface area contributed by atoms with E-state index in [9.17, 15) is 0 Å². The maximum absolute atomic E-state index is 5.93. The van der Waals surface area contributed by atoms with Gasteiger partial charge in [0.2, 0.25) is 0 Å². The summed E-state index contributed by atoms with van der Waals surface area (Å²) in [6, 6.07) is 8.33. The number of pyridine rings is 1. The van der Waals surface area contributed by atoms with Gasteiger partial charge in [0.1, 0.15) is 11.5 Å². The van der Waals surface area contributed by atoms with E-state index in [1.807, 2.05) is 12.3 Å². The van der Waals surface area contributed by atoms with Crippen LogP contribution in [-0.2, 0) is 13.1 Å². The Balaban J connectivity index is 1.57. The van der Waals surface area contributed by atoms with Gasteiger partial charge >= 0.3 is 0 Å². The van der Waals surface area contributed by atoms with Gasteiger partial charge in [0.05, 0.1) is 6.54 Å². The van der Waals surface area contributed by atoms with Crippen molar-refractivity contribution in [2.45, 2.75) is 32.4 Å². The molecule has 0 aliphatic heterocycles. The lowest BCUT2D eigenvalue weighted by molar-refractivity contribution is 0.283. The van der Waals surface area contributed by atoms with Crippen LogP contribution in [-0.4, -0.2) is 16.9 Å². The summed E-state index contributed by atoms with van der Waals surface area (Å²) >= 11 is 0. The van der Waals surface area contributed by atoms with Crippen LogP contribution < -0.4 is 0 Å². The Morgan fingerprint density at radius 3 is 2.84 bits per heavy atom. The highest BCUT2D eigenvalue weighted by Crippen LogP contribution is 2.47. The van der Waals surface area contributed by atoms with Crippen molar-refractivity contribution in [3.05, 3.63) is 53.7 Å². The third-order valence-electron chi connectivity index (χ3n) is 3.76. The van der Waals surface area contributed by atoms with Crippen LogP contribution in [0.15, 0.2) is 41.1 Å². The Morgan fingerprint density at radius 2 is 2.16 bits per heavy atom. The second-order valence-electron chi connectivity index (χ2n) is 5.66. The van der Waals surface area contributed by atoms with Gasteiger partial charge in [-0.3, -0.25) is 9.88 Å². The summed E-state index contributed by atoms with van der Waals surface area (Å²) in [7, 11) is 2.11. The molecule has 1 saturated carbocycles. The van der Waals surface area contributed by atoms with Crippen molar-refractivity contribution in [1.29, 1.82) is 0 Å². The van der Waals surface area contributed by atoms with Crippen LogP contribution in [0.4, 0.5) is 0 Å². The van der Waals surface area contributed by atoms with Gasteiger partial charge in [-0.1, -0.05) is 13.0 Å². The van der Waals surface area contributed by atoms with E-state index in [1.54, 1.807) is 6.20 Å². The minimum atomic E-state index is 0.664. The van der Waals surface area contributed by atoms with Crippen molar-refractivity contribution in [1.82, 2.24) is 9.88 Å². The summed E-state index contributed by atoms with van der Waals surface area (Å²) in [5.41, 5.74) is 1.23. The number of hydrogen-bond donors (Lipinski definition) is 0. The first-order chi connectivity index (χ1) is 9.22. The van der Waals surface area contributed by atoms with Crippen molar-refractivity contribution in [2.75, 3.05) is 7.05 Å². The summed E-state index contributed by atoms with van der Waals surface area (Å²) in [6.45, 7) is 4.01. The predicted molar refractivity (Wildman–Crippen MR) is 74.6 cm³/mol. The first-order valence-corrected chi connectivity index (χ1v) is 6.88. The molecule has 0 saturated heterocycles. The van der Waals surface area contributed by atoms with E-state index in [-0.39, 0.29) is 0 Å². The largest absolute Gasteiger partial charge is 0.464 e. The average molecular weight is 256 g/mol. The molecule has 1 aliphatic carbocycles. The van der Waals surface area contributed by atoms with Gasteiger partial charge < -0.3 is 4.42 Å². The zero-order chi connectivity index (χ0) is 13.2. The van der Waals surface area contributed by atoms with E-state index >= 15 is 0 Å². The molecule has 1 fully saturated rings. The molecule has 0 aromatic carbocycles. The first-order valence-electron chi connectivity index (χ1n) is 6.88. The molecule has 100 valence electrons. The summed E-state index contributed by atoms with van der Waals surface area (Å²) < 4.78 is 5.93. The Labute approximate surface area is 114 Å². The van der Waals surface area contributed by atoms with Crippen molar-refractivity contribution in [2.24, 2.45) is 5.92 Å². The number of hydrogen-bond acceptors (Lipinski definition) is 3. The quantitative estimate of drug-likeness (QED) is 0.820. The maximum atomic E-state index is 5.93. The molecule has 0 spiro atoms. The number of rotatable bonds is 5. The topological polar surface area (TPSA) is 29.3 Å². The SMILES string of the molecule is C[C@H]1C[C@H]1c1ccc(CN(C)Cc2cccnc2)o1. The highest BCUT2D eigenvalue weighted by molar-refractivity contribution is 5.17. The summed E-state index contributed by atoms with van der Waals surface area (Å²) in [5.74, 6) is 3.68. The second-order valence-corrected chi connectivity index (χ2v) is 5.66. The molecule has 2 aromatic heterocycles. The van der Waals surface area contributed by atoms with Crippen LogP contribution in [0.25, 0.3) is 0 Å². The Hall–Kier alpha value is -1.61. The smallest absolute Gasteiger partial charge is 0.118 e. The first kappa shape index (κ1) is 12.4. The van der Waals surface area contributed by atoms with Crippen LogP contribution in [0.5, 0.6) is 0 Å². The van der Waals surface area contributed by atoms with Crippen LogP contribution in [0, 0.1) is 5.92 Å². The van der Waals surface area contributed by atoms with Gasteiger partial charge in [0, 0.05) is 24.9 Å². The van der Waals surface area contributed by atoms with Crippen molar-refractivity contribution in [3.63, 3.8) is 0 Å². The fraction of sp³-hybridized carbons (Fsp3) is 0.438. The van der Waals surface area contributed by atoms with Crippen LogP contribution in [0.1, 0.15) is 36.3 Å². The van der Waals surface area contributed by atoms with Crippen molar-refractivity contribution >= 4 is 0 Å². The fourth-order valence-electron chi connectivity index (χ4n) is 2.52. The van der Waals surface area contributed by atoms with E-state index in [0.29, 0.717) is 5.92 Å². The van der Waals surface area contributed by atoms with Gasteiger partial charge in [0.15, 0.2) is 0 Å². The Bertz CT molecular complexity index is 535. The molecule has 0 radical (unpaired) electrons. The molecule has 0 bridgehead atoms. The molecule has 2 heterocycles. The second kappa shape index (κ2) is 5.17. The van der Waals surface area contributed by atoms with E-state index in [2.05, 4.69) is 42.1 Å². The van der Waals surface area contributed by atoms with Gasteiger partial charge in [0.25, 0.3) is 0 Å². The average Bonchev–Trinajstić information content (AvgIpc) is 2.95. The number of furan rings is 1. The van der Waals surface area contributed by atoms with E-state index in [0.717, 1.165) is 30.5 Å². The summed E-state index contributed by atoms with van der Waals surface area (Å²) in [5, 5.41) is 0. The molecule has 0 unspecified atom stereocenters. The van der Waals surface area contributed by atoms with E-state index in [4.69, 9.17) is 4.42 Å². The lowest BCUT2D eigenvalue weighted by atomic mass is 10.2. The Morgan fingerprint density at radius 1 is 1.32 bits per heavy atom. The molecule has 19 heavy (non-hydrogen) atoms. The fourth-order valence-corrected chi connectivity index (χ4v) is 2.52. The number of nitrogens with zero attached hydrogens (tertiary/aromatic N) is 2. The minimum absolute atomic E-state index is 0.664.